The molecule has 84 valence electrons. The minimum atomic E-state index is -0.902. The highest BCUT2D eigenvalue weighted by Crippen LogP contribution is 2.27. The van der Waals surface area contributed by atoms with Gasteiger partial charge in [-0.2, -0.15) is 0 Å². The van der Waals surface area contributed by atoms with Gasteiger partial charge in [0, 0.05) is 0 Å². The van der Waals surface area contributed by atoms with E-state index in [1.165, 1.54) is 25.4 Å². The third kappa shape index (κ3) is 2.02. The van der Waals surface area contributed by atoms with Gasteiger partial charge in [0.2, 0.25) is 0 Å². The Labute approximate surface area is 95.5 Å². The molecule has 16 heavy (non-hydrogen) atoms. The topological polar surface area (TPSA) is 55.2 Å². The van der Waals surface area contributed by atoms with Gasteiger partial charge in [-0.05, 0) is 29.2 Å². The van der Waals surface area contributed by atoms with E-state index >= 15 is 0 Å². The summed E-state index contributed by atoms with van der Waals surface area (Å²) < 4.78 is 21.8. The Morgan fingerprint density at radius 3 is 2.88 bits per heavy atom. The lowest BCUT2D eigenvalue weighted by Crippen LogP contribution is -1.98. The number of hydrogen-bond acceptors (Lipinski definition) is 5. The first-order valence-corrected chi connectivity index (χ1v) is 5.28. The van der Waals surface area contributed by atoms with Crippen LogP contribution in [0.1, 0.15) is 16.5 Å². The Bertz CT molecular complexity index is 476. The molecule has 0 bridgehead atoms. The number of halogens is 1. The number of nitrogens with zero attached hydrogens (tertiary/aromatic N) is 2. The molecule has 0 saturated carbocycles. The van der Waals surface area contributed by atoms with Crippen molar-refractivity contribution in [3.8, 4) is 5.75 Å². The van der Waals surface area contributed by atoms with Crippen molar-refractivity contribution in [3.05, 3.63) is 40.7 Å². The van der Waals surface area contributed by atoms with Gasteiger partial charge >= 0.3 is 0 Å². The van der Waals surface area contributed by atoms with Crippen LogP contribution in [-0.2, 0) is 0 Å². The van der Waals surface area contributed by atoms with Crippen LogP contribution in [0.4, 0.5) is 4.39 Å². The molecule has 0 aliphatic carbocycles. The molecule has 0 amide bonds. The van der Waals surface area contributed by atoms with Crippen LogP contribution in [-0.4, -0.2) is 21.8 Å². The van der Waals surface area contributed by atoms with E-state index < -0.39 is 11.9 Å². The van der Waals surface area contributed by atoms with Gasteiger partial charge in [-0.3, -0.25) is 0 Å². The first kappa shape index (κ1) is 11.0. The average molecular weight is 240 g/mol. The van der Waals surface area contributed by atoms with E-state index in [-0.39, 0.29) is 5.75 Å². The molecule has 1 aromatic heterocycles. The van der Waals surface area contributed by atoms with Gasteiger partial charge < -0.3 is 9.84 Å². The fourth-order valence-corrected chi connectivity index (χ4v) is 1.83. The van der Waals surface area contributed by atoms with Crippen molar-refractivity contribution in [2.24, 2.45) is 0 Å². The van der Waals surface area contributed by atoms with E-state index in [0.29, 0.717) is 10.4 Å². The first-order chi connectivity index (χ1) is 7.72. The molecule has 1 heterocycles. The molecule has 0 aliphatic rings. The summed E-state index contributed by atoms with van der Waals surface area (Å²) in [5, 5.41) is 13.5. The molecule has 4 nitrogen and oxygen atoms in total. The Morgan fingerprint density at radius 1 is 1.50 bits per heavy atom. The number of hydrogen-bond donors (Lipinski definition) is 1. The summed E-state index contributed by atoms with van der Waals surface area (Å²) in [5.74, 6) is -0.352. The number of rotatable bonds is 3. The van der Waals surface area contributed by atoms with E-state index in [9.17, 15) is 9.50 Å². The van der Waals surface area contributed by atoms with Gasteiger partial charge in [0.1, 0.15) is 6.10 Å². The molecule has 0 fully saturated rings. The third-order valence-electron chi connectivity index (χ3n) is 2.14. The average Bonchev–Trinajstić information content (AvgIpc) is 2.81. The van der Waals surface area contributed by atoms with Gasteiger partial charge in [-0.15, -0.1) is 5.10 Å². The zero-order valence-corrected chi connectivity index (χ0v) is 9.24. The Hall–Kier alpha value is -1.53. The lowest BCUT2D eigenvalue weighted by Gasteiger charge is -2.09. The van der Waals surface area contributed by atoms with Crippen molar-refractivity contribution in [1.29, 1.82) is 0 Å². The van der Waals surface area contributed by atoms with Crippen molar-refractivity contribution in [3.63, 3.8) is 0 Å². The molecule has 0 aliphatic heterocycles. The highest BCUT2D eigenvalue weighted by Gasteiger charge is 2.15. The van der Waals surface area contributed by atoms with Crippen LogP contribution in [0.25, 0.3) is 0 Å². The summed E-state index contributed by atoms with van der Waals surface area (Å²) in [6, 6.07) is 4.32. The molecular weight excluding hydrogens is 231 g/mol. The minimum absolute atomic E-state index is 0.151. The summed E-state index contributed by atoms with van der Waals surface area (Å²) in [6.45, 7) is 0. The predicted molar refractivity (Wildman–Crippen MR) is 56.9 cm³/mol. The first-order valence-electron chi connectivity index (χ1n) is 4.51. The standard InChI is InChI=1S/C10H9FN2O2S/c1-15-8-3-2-6(4-7(8)11)10(14)9-5-12-13-16-9/h2-5,10,14H,1H3. The second-order valence-electron chi connectivity index (χ2n) is 3.12. The van der Waals surface area contributed by atoms with Crippen molar-refractivity contribution in [1.82, 2.24) is 9.59 Å². The van der Waals surface area contributed by atoms with Gasteiger partial charge in [-0.25, -0.2) is 4.39 Å². The minimum Gasteiger partial charge on any atom is -0.494 e. The zero-order valence-electron chi connectivity index (χ0n) is 8.42. The molecular formula is C10H9FN2O2S. The Balaban J connectivity index is 2.31. The van der Waals surface area contributed by atoms with E-state index in [2.05, 4.69) is 9.59 Å². The van der Waals surface area contributed by atoms with Crippen LogP contribution < -0.4 is 4.74 Å². The maximum atomic E-state index is 13.4. The molecule has 6 heteroatoms. The fourth-order valence-electron chi connectivity index (χ4n) is 1.31. The van der Waals surface area contributed by atoms with Crippen LogP contribution >= 0.6 is 11.5 Å². The maximum Gasteiger partial charge on any atom is 0.165 e. The molecule has 0 spiro atoms. The van der Waals surface area contributed by atoms with E-state index in [1.54, 1.807) is 6.07 Å². The number of benzene rings is 1. The number of aliphatic hydroxyl groups is 1. The van der Waals surface area contributed by atoms with E-state index in [4.69, 9.17) is 4.74 Å². The van der Waals surface area contributed by atoms with Crippen molar-refractivity contribution < 1.29 is 14.2 Å². The van der Waals surface area contributed by atoms with Crippen LogP contribution in [0.5, 0.6) is 5.75 Å². The molecule has 0 saturated heterocycles. The van der Waals surface area contributed by atoms with Gasteiger partial charge in [0.25, 0.3) is 0 Å². The normalized spacial score (nSPS) is 12.4. The quantitative estimate of drug-likeness (QED) is 0.888. The smallest absolute Gasteiger partial charge is 0.165 e. The van der Waals surface area contributed by atoms with Crippen molar-refractivity contribution in [2.75, 3.05) is 7.11 Å². The number of ether oxygens (including phenoxy) is 1. The monoisotopic (exact) mass is 240 g/mol. The fraction of sp³-hybridized carbons (Fsp3) is 0.200. The lowest BCUT2D eigenvalue weighted by atomic mass is 10.1. The van der Waals surface area contributed by atoms with E-state index in [1.807, 2.05) is 0 Å². The lowest BCUT2D eigenvalue weighted by molar-refractivity contribution is 0.223. The van der Waals surface area contributed by atoms with Gasteiger partial charge in [0.05, 0.1) is 18.2 Å². The Morgan fingerprint density at radius 2 is 2.31 bits per heavy atom. The number of aliphatic hydroxyl groups excluding tert-OH is 1. The van der Waals surface area contributed by atoms with E-state index in [0.717, 1.165) is 11.5 Å². The second kappa shape index (κ2) is 4.54. The summed E-state index contributed by atoms with van der Waals surface area (Å²) in [5.41, 5.74) is 0.448. The summed E-state index contributed by atoms with van der Waals surface area (Å²) in [6.07, 6.45) is 0.553. The van der Waals surface area contributed by atoms with Crippen LogP contribution in [0.2, 0.25) is 0 Å². The molecule has 0 radical (unpaired) electrons. The molecule has 1 unspecified atom stereocenters. The van der Waals surface area contributed by atoms with Crippen LogP contribution in [0, 0.1) is 5.82 Å². The number of methoxy groups -OCH3 is 1. The summed E-state index contributed by atoms with van der Waals surface area (Å²) in [4.78, 5) is 0.574. The molecule has 1 atom stereocenters. The van der Waals surface area contributed by atoms with Crippen LogP contribution in [0.15, 0.2) is 24.4 Å². The molecule has 2 rings (SSSR count). The maximum absolute atomic E-state index is 13.4. The molecule has 2 aromatic rings. The van der Waals surface area contributed by atoms with Gasteiger partial charge in [-0.1, -0.05) is 10.6 Å². The highest BCUT2D eigenvalue weighted by atomic mass is 32.1. The number of aromatic nitrogens is 2. The van der Waals surface area contributed by atoms with Crippen molar-refractivity contribution >= 4 is 11.5 Å². The van der Waals surface area contributed by atoms with Crippen molar-refractivity contribution in [2.45, 2.75) is 6.10 Å². The molecule has 1 N–H and O–H groups in total. The third-order valence-corrected chi connectivity index (χ3v) is 2.85. The zero-order chi connectivity index (χ0) is 11.5. The molecule has 1 aromatic carbocycles. The van der Waals surface area contributed by atoms with Gasteiger partial charge in [0.15, 0.2) is 11.6 Å². The Kier molecular flexibility index (Phi) is 3.12. The highest BCUT2D eigenvalue weighted by molar-refractivity contribution is 7.05. The SMILES string of the molecule is COc1ccc(C(O)c2cnns2)cc1F. The second-order valence-corrected chi connectivity index (χ2v) is 3.93. The predicted octanol–water partition coefficient (Wildman–Crippen LogP) is 1.77. The summed E-state index contributed by atoms with van der Waals surface area (Å²) in [7, 11) is 1.39. The largest absolute Gasteiger partial charge is 0.494 e. The summed E-state index contributed by atoms with van der Waals surface area (Å²) >= 11 is 1.08. The van der Waals surface area contributed by atoms with Crippen LogP contribution in [0.3, 0.4) is 0 Å².